The van der Waals surface area contributed by atoms with Gasteiger partial charge >= 0.3 is 0 Å². The van der Waals surface area contributed by atoms with Crippen LogP contribution in [-0.2, 0) is 13.0 Å². The highest BCUT2D eigenvalue weighted by Gasteiger charge is 2.28. The van der Waals surface area contributed by atoms with E-state index in [4.69, 9.17) is 16.9 Å². The third kappa shape index (κ3) is 3.68. The zero-order valence-corrected chi connectivity index (χ0v) is 17.3. The van der Waals surface area contributed by atoms with Crippen molar-refractivity contribution in [2.45, 2.75) is 31.8 Å². The molecule has 1 atom stereocenters. The van der Waals surface area contributed by atoms with Gasteiger partial charge in [0.1, 0.15) is 5.82 Å². The summed E-state index contributed by atoms with van der Waals surface area (Å²) in [5.74, 6) is 0.393. The summed E-state index contributed by atoms with van der Waals surface area (Å²) < 4.78 is 0. The number of likely N-dealkylation sites (N-methyl/N-ethyl adjacent to an activating group) is 1. The number of aromatic nitrogens is 1. The summed E-state index contributed by atoms with van der Waals surface area (Å²) in [6, 6.07) is 7.13. The Morgan fingerprint density at radius 2 is 2.10 bits per heavy atom. The first-order valence-corrected chi connectivity index (χ1v) is 10.2. The maximum absolute atomic E-state index is 7.62. The van der Waals surface area contributed by atoms with E-state index in [1.54, 1.807) is 0 Å². The summed E-state index contributed by atoms with van der Waals surface area (Å²) in [6.07, 6.45) is 7.97. The van der Waals surface area contributed by atoms with E-state index in [2.05, 4.69) is 41.9 Å². The fourth-order valence-corrected chi connectivity index (χ4v) is 4.68. The lowest BCUT2D eigenvalue weighted by Gasteiger charge is -2.31. The van der Waals surface area contributed by atoms with Crippen LogP contribution in [0.1, 0.15) is 41.1 Å². The first-order chi connectivity index (χ1) is 14.0. The molecule has 150 valence electrons. The van der Waals surface area contributed by atoms with Crippen LogP contribution in [0.5, 0.6) is 0 Å². The van der Waals surface area contributed by atoms with Crippen molar-refractivity contribution in [1.82, 2.24) is 14.7 Å². The second kappa shape index (κ2) is 8.01. The molecule has 2 aliphatic heterocycles. The molecule has 1 unspecified atom stereocenters. The molecule has 4 rings (SSSR count). The Balaban J connectivity index is 1.85. The summed E-state index contributed by atoms with van der Waals surface area (Å²) in [6.45, 7) is 3.24. The van der Waals surface area contributed by atoms with Gasteiger partial charge in [-0.3, -0.25) is 0 Å². The molecule has 1 saturated heterocycles. The topological polar surface area (TPSA) is 95.3 Å². The quantitative estimate of drug-likeness (QED) is 0.550. The van der Waals surface area contributed by atoms with E-state index in [9.17, 15) is 0 Å². The highest BCUT2D eigenvalue weighted by atomic mass is 15.1. The molecule has 7 heteroatoms. The summed E-state index contributed by atoms with van der Waals surface area (Å²) in [5, 5.41) is 7.62. The molecule has 1 aromatic heterocycles. The summed E-state index contributed by atoms with van der Waals surface area (Å²) >= 11 is 0. The van der Waals surface area contributed by atoms with Crippen molar-refractivity contribution in [2.24, 2.45) is 5.73 Å². The third-order valence-electron chi connectivity index (χ3n) is 6.35. The Morgan fingerprint density at radius 1 is 1.28 bits per heavy atom. The smallest absolute Gasteiger partial charge is 0.186 e. The summed E-state index contributed by atoms with van der Waals surface area (Å²) in [5.41, 5.74) is 19.6. The highest BCUT2D eigenvalue weighted by Crippen LogP contribution is 2.38. The fourth-order valence-electron chi connectivity index (χ4n) is 4.68. The largest absolute Gasteiger partial charge is 0.404 e. The molecule has 29 heavy (non-hydrogen) atoms. The number of anilines is 1. The Labute approximate surface area is 173 Å². The van der Waals surface area contributed by atoms with Gasteiger partial charge in [0.05, 0.1) is 0 Å². The number of pyridine rings is 1. The van der Waals surface area contributed by atoms with Gasteiger partial charge in [0.15, 0.2) is 7.98 Å². The van der Waals surface area contributed by atoms with Gasteiger partial charge in [-0.05, 0) is 67.2 Å². The number of nitrogen functional groups attached to an aromatic ring is 1. The maximum Gasteiger partial charge on any atom is 0.186 e. The standard InChI is InChI=1S/C22H29BN6/c1-28-6-4-14-7-15(8-19(20(14)13-28)21-3-2-5-29(21)23)16-9-18(17(10-24)11-25)22(26)27-12-16/h7-12,21,24H,2-6,13,23,25H2,1H3,(H2,26,27)/b17-11+,24-10?. The van der Waals surface area contributed by atoms with Gasteiger partial charge in [-0.2, -0.15) is 0 Å². The zero-order valence-electron chi connectivity index (χ0n) is 17.3. The average molecular weight is 388 g/mol. The number of fused-ring (bicyclic) bond motifs is 1. The minimum atomic E-state index is 0.393. The molecule has 0 spiro atoms. The fraction of sp³-hybridized carbons (Fsp3) is 0.364. The van der Waals surface area contributed by atoms with Crippen molar-refractivity contribution in [3.8, 4) is 11.1 Å². The predicted molar refractivity (Wildman–Crippen MR) is 122 cm³/mol. The number of allylic oxidation sites excluding steroid dienone is 1. The number of rotatable bonds is 4. The van der Waals surface area contributed by atoms with Crippen LogP contribution >= 0.6 is 0 Å². The van der Waals surface area contributed by atoms with E-state index in [-0.39, 0.29) is 0 Å². The van der Waals surface area contributed by atoms with Crippen molar-refractivity contribution in [3.05, 3.63) is 52.8 Å². The first-order valence-electron chi connectivity index (χ1n) is 10.2. The molecule has 5 N–H and O–H groups in total. The molecular weight excluding hydrogens is 359 g/mol. The van der Waals surface area contributed by atoms with E-state index in [0.29, 0.717) is 23.0 Å². The maximum atomic E-state index is 7.62. The number of nitrogens with two attached hydrogens (primary N) is 2. The second-order valence-electron chi connectivity index (χ2n) is 8.25. The second-order valence-corrected chi connectivity index (χ2v) is 8.25. The minimum Gasteiger partial charge on any atom is -0.404 e. The van der Waals surface area contributed by atoms with Gasteiger partial charge in [0.25, 0.3) is 0 Å². The van der Waals surface area contributed by atoms with E-state index in [1.807, 2.05) is 12.3 Å². The van der Waals surface area contributed by atoms with E-state index < -0.39 is 0 Å². The van der Waals surface area contributed by atoms with Gasteiger partial charge in [-0.1, -0.05) is 6.07 Å². The van der Waals surface area contributed by atoms with Crippen LogP contribution in [0, 0.1) is 5.41 Å². The number of nitrogens with zero attached hydrogens (tertiary/aromatic N) is 3. The van der Waals surface area contributed by atoms with Crippen LogP contribution in [0.2, 0.25) is 0 Å². The van der Waals surface area contributed by atoms with E-state index in [0.717, 1.165) is 31.6 Å². The Hall–Kier alpha value is -2.64. The number of benzene rings is 1. The monoisotopic (exact) mass is 388 g/mol. The summed E-state index contributed by atoms with van der Waals surface area (Å²) in [4.78, 5) is 9.28. The van der Waals surface area contributed by atoms with Crippen LogP contribution in [0.4, 0.5) is 5.82 Å². The summed E-state index contributed by atoms with van der Waals surface area (Å²) in [7, 11) is 4.43. The molecule has 0 amide bonds. The van der Waals surface area contributed by atoms with Gasteiger partial charge in [0, 0.05) is 54.4 Å². The van der Waals surface area contributed by atoms with E-state index >= 15 is 0 Å². The highest BCUT2D eigenvalue weighted by molar-refractivity contribution is 6.10. The number of hydrogen-bond donors (Lipinski definition) is 3. The third-order valence-corrected chi connectivity index (χ3v) is 6.35. The van der Waals surface area contributed by atoms with Crippen molar-refractivity contribution >= 4 is 25.6 Å². The lowest BCUT2D eigenvalue weighted by molar-refractivity contribution is 0.307. The normalized spacial score (nSPS) is 20.6. The Bertz CT molecular complexity index is 970. The van der Waals surface area contributed by atoms with Crippen molar-refractivity contribution in [2.75, 3.05) is 25.9 Å². The lowest BCUT2D eigenvalue weighted by Crippen LogP contribution is -2.29. The predicted octanol–water partition coefficient (Wildman–Crippen LogP) is 1.95. The molecule has 0 bridgehead atoms. The number of hydrogen-bond acceptors (Lipinski definition) is 6. The van der Waals surface area contributed by atoms with Crippen LogP contribution in [0.15, 0.2) is 30.6 Å². The van der Waals surface area contributed by atoms with Gasteiger partial charge < -0.3 is 26.6 Å². The van der Waals surface area contributed by atoms with Crippen molar-refractivity contribution in [1.29, 1.82) is 5.41 Å². The van der Waals surface area contributed by atoms with Crippen LogP contribution in [0.3, 0.4) is 0 Å². The molecule has 6 nitrogen and oxygen atoms in total. The zero-order chi connectivity index (χ0) is 20.5. The average Bonchev–Trinajstić information content (AvgIpc) is 3.15. The lowest BCUT2D eigenvalue weighted by atomic mass is 9.86. The van der Waals surface area contributed by atoms with Crippen LogP contribution < -0.4 is 11.5 Å². The molecule has 1 fully saturated rings. The molecule has 3 heterocycles. The Kier molecular flexibility index (Phi) is 5.43. The molecular formula is C22H29BN6. The van der Waals surface area contributed by atoms with Crippen molar-refractivity contribution in [3.63, 3.8) is 0 Å². The van der Waals surface area contributed by atoms with E-state index in [1.165, 1.54) is 47.5 Å². The SMILES string of the molecule is BN1CCCC1c1cc(-c2cnc(N)c(/C(C=N)=C/N)c2)cc2c1CN(C)CC2. The van der Waals surface area contributed by atoms with Gasteiger partial charge in [-0.15, -0.1) is 0 Å². The first kappa shape index (κ1) is 19.7. The molecule has 2 aromatic rings. The molecule has 0 radical (unpaired) electrons. The molecule has 1 aromatic carbocycles. The molecule has 2 aliphatic rings. The number of nitrogens with one attached hydrogen (secondary N) is 1. The van der Waals surface area contributed by atoms with Crippen LogP contribution in [-0.4, -0.2) is 49.0 Å². The van der Waals surface area contributed by atoms with Crippen molar-refractivity contribution < 1.29 is 0 Å². The molecule has 0 aliphatic carbocycles. The van der Waals surface area contributed by atoms with Gasteiger partial charge in [-0.25, -0.2) is 4.98 Å². The van der Waals surface area contributed by atoms with Crippen LogP contribution in [0.25, 0.3) is 16.7 Å². The Morgan fingerprint density at radius 3 is 2.79 bits per heavy atom. The minimum absolute atomic E-state index is 0.393. The molecule has 0 saturated carbocycles. The van der Waals surface area contributed by atoms with Gasteiger partial charge in [0.2, 0.25) is 0 Å².